The number of carbonyl (C=O) groups is 1. The van der Waals surface area contributed by atoms with Gasteiger partial charge in [-0.1, -0.05) is 71.6 Å². The lowest BCUT2D eigenvalue weighted by Crippen LogP contribution is -2.32. The molecule has 0 saturated carbocycles. The number of thioether (sulfide) groups is 1. The maximum Gasteiger partial charge on any atom is 0.235 e. The number of hydrogen-bond donors (Lipinski definition) is 0. The van der Waals surface area contributed by atoms with Gasteiger partial charge in [-0.05, 0) is 36.8 Å². The predicted octanol–water partition coefficient (Wildman–Crippen LogP) is 4.80. The summed E-state index contributed by atoms with van der Waals surface area (Å²) in [6, 6.07) is 19.8. The molecule has 0 aliphatic rings. The van der Waals surface area contributed by atoms with Gasteiger partial charge in [-0.3, -0.25) is 4.79 Å². The van der Waals surface area contributed by atoms with E-state index in [0.29, 0.717) is 10.5 Å². The molecule has 0 N–H and O–H groups in total. The minimum absolute atomic E-state index is 0.0752. The molecule has 4 nitrogen and oxygen atoms in total. The Bertz CT molecular complexity index is 922. The first-order chi connectivity index (χ1) is 12.5. The summed E-state index contributed by atoms with van der Waals surface area (Å²) in [7, 11) is 1.83. The van der Waals surface area contributed by atoms with Gasteiger partial charge in [0, 0.05) is 13.6 Å². The standard InChI is InChI=1S/C19H19N3OS3/c1-14(17(23)21(2)13-15-9-5-3-6-10-15)25-18-20-22(19(24)26-18)16-11-7-4-8-12-16/h3-12,14H,13H2,1-2H3. The van der Waals surface area contributed by atoms with Crippen LogP contribution >= 0.6 is 35.3 Å². The Balaban J connectivity index is 1.67. The van der Waals surface area contributed by atoms with E-state index in [1.54, 1.807) is 9.58 Å². The van der Waals surface area contributed by atoms with Crippen LogP contribution in [0.2, 0.25) is 0 Å². The van der Waals surface area contributed by atoms with Crippen LogP contribution in [-0.4, -0.2) is 32.9 Å². The minimum atomic E-state index is -0.228. The highest BCUT2D eigenvalue weighted by Crippen LogP contribution is 2.28. The summed E-state index contributed by atoms with van der Waals surface area (Å²) in [4.78, 5) is 14.4. The average Bonchev–Trinajstić information content (AvgIpc) is 3.02. The summed E-state index contributed by atoms with van der Waals surface area (Å²) in [6.07, 6.45) is 0. The van der Waals surface area contributed by atoms with E-state index in [2.05, 4.69) is 5.10 Å². The molecule has 2 aromatic carbocycles. The van der Waals surface area contributed by atoms with Crippen LogP contribution < -0.4 is 0 Å². The van der Waals surface area contributed by atoms with E-state index in [9.17, 15) is 4.79 Å². The van der Waals surface area contributed by atoms with Crippen LogP contribution in [0.25, 0.3) is 5.69 Å². The number of benzene rings is 2. The number of hydrogen-bond acceptors (Lipinski definition) is 5. The SMILES string of the molecule is CC(Sc1nn(-c2ccccc2)c(=S)s1)C(=O)N(C)Cc1ccccc1. The lowest BCUT2D eigenvalue weighted by Gasteiger charge is -2.20. The average molecular weight is 402 g/mol. The van der Waals surface area contributed by atoms with Gasteiger partial charge in [-0.15, -0.1) is 5.10 Å². The summed E-state index contributed by atoms with van der Waals surface area (Å²) in [5.74, 6) is 0.0752. The first-order valence-electron chi connectivity index (χ1n) is 8.16. The smallest absolute Gasteiger partial charge is 0.235 e. The van der Waals surface area contributed by atoms with Crippen molar-refractivity contribution in [3.8, 4) is 5.69 Å². The van der Waals surface area contributed by atoms with Gasteiger partial charge in [0.2, 0.25) is 5.91 Å². The van der Waals surface area contributed by atoms with Crippen molar-refractivity contribution in [1.82, 2.24) is 14.7 Å². The maximum absolute atomic E-state index is 12.7. The van der Waals surface area contributed by atoms with Crippen molar-refractivity contribution in [3.05, 3.63) is 70.2 Å². The Morgan fingerprint density at radius 2 is 1.81 bits per heavy atom. The molecular weight excluding hydrogens is 382 g/mol. The third kappa shape index (κ3) is 4.60. The van der Waals surface area contributed by atoms with E-state index < -0.39 is 0 Å². The fraction of sp³-hybridized carbons (Fsp3) is 0.211. The fourth-order valence-electron chi connectivity index (χ4n) is 2.49. The Hall–Kier alpha value is -1.96. The van der Waals surface area contributed by atoms with Gasteiger partial charge in [0.1, 0.15) is 0 Å². The summed E-state index contributed by atoms with van der Waals surface area (Å²) >= 11 is 8.30. The molecule has 3 rings (SSSR count). The highest BCUT2D eigenvalue weighted by molar-refractivity contribution is 8.02. The van der Waals surface area contributed by atoms with Crippen molar-refractivity contribution in [3.63, 3.8) is 0 Å². The molecule has 0 spiro atoms. The summed E-state index contributed by atoms with van der Waals surface area (Å²) in [5.41, 5.74) is 2.05. The van der Waals surface area contributed by atoms with Gasteiger partial charge in [0.05, 0.1) is 10.9 Å². The zero-order valence-corrected chi connectivity index (χ0v) is 17.0. The third-order valence-corrected chi connectivity index (χ3v) is 6.20. The van der Waals surface area contributed by atoms with Crippen molar-refractivity contribution in [2.75, 3.05) is 7.05 Å². The second kappa shape index (κ2) is 8.62. The van der Waals surface area contributed by atoms with Gasteiger partial charge >= 0.3 is 0 Å². The predicted molar refractivity (Wildman–Crippen MR) is 111 cm³/mol. The number of nitrogens with zero attached hydrogens (tertiary/aromatic N) is 3. The normalized spacial score (nSPS) is 11.9. The second-order valence-electron chi connectivity index (χ2n) is 5.82. The molecular formula is C19H19N3OS3. The monoisotopic (exact) mass is 401 g/mol. The zero-order chi connectivity index (χ0) is 18.5. The molecule has 1 heterocycles. The molecule has 1 aromatic heterocycles. The Morgan fingerprint density at radius 3 is 2.46 bits per heavy atom. The first-order valence-corrected chi connectivity index (χ1v) is 10.3. The quantitative estimate of drug-likeness (QED) is 0.439. The third-order valence-electron chi connectivity index (χ3n) is 3.79. The minimum Gasteiger partial charge on any atom is -0.340 e. The molecule has 0 bridgehead atoms. The summed E-state index contributed by atoms with van der Waals surface area (Å²) in [5, 5.41) is 4.34. The number of amides is 1. The highest BCUT2D eigenvalue weighted by Gasteiger charge is 2.21. The molecule has 0 aliphatic carbocycles. The largest absolute Gasteiger partial charge is 0.340 e. The molecule has 0 radical (unpaired) electrons. The van der Waals surface area contributed by atoms with E-state index in [-0.39, 0.29) is 11.2 Å². The molecule has 1 atom stereocenters. The van der Waals surface area contributed by atoms with E-state index in [0.717, 1.165) is 15.6 Å². The lowest BCUT2D eigenvalue weighted by atomic mass is 10.2. The summed E-state index contributed by atoms with van der Waals surface area (Å²) in [6.45, 7) is 2.50. The topological polar surface area (TPSA) is 38.1 Å². The number of rotatable bonds is 6. The molecule has 0 saturated heterocycles. The van der Waals surface area contributed by atoms with Crippen LogP contribution in [0.15, 0.2) is 65.0 Å². The zero-order valence-electron chi connectivity index (χ0n) is 14.5. The summed E-state index contributed by atoms with van der Waals surface area (Å²) < 4.78 is 3.22. The molecule has 134 valence electrons. The van der Waals surface area contributed by atoms with Crippen molar-refractivity contribution in [2.45, 2.75) is 23.1 Å². The maximum atomic E-state index is 12.7. The van der Waals surface area contributed by atoms with Crippen molar-refractivity contribution in [2.24, 2.45) is 0 Å². The fourth-order valence-corrected chi connectivity index (χ4v) is 5.11. The second-order valence-corrected chi connectivity index (χ2v) is 9.03. The van der Waals surface area contributed by atoms with Crippen molar-refractivity contribution >= 4 is 41.2 Å². The van der Waals surface area contributed by atoms with Gasteiger partial charge < -0.3 is 4.90 Å². The van der Waals surface area contributed by atoms with Crippen molar-refractivity contribution < 1.29 is 4.79 Å². The molecule has 7 heteroatoms. The van der Waals surface area contributed by atoms with Gasteiger partial charge in [0.25, 0.3) is 0 Å². The van der Waals surface area contributed by atoms with Crippen LogP contribution in [0.3, 0.4) is 0 Å². The molecule has 26 heavy (non-hydrogen) atoms. The van der Waals surface area contributed by atoms with E-state index >= 15 is 0 Å². The highest BCUT2D eigenvalue weighted by atomic mass is 32.2. The van der Waals surface area contributed by atoms with Gasteiger partial charge in [-0.2, -0.15) is 0 Å². The number of carbonyl (C=O) groups excluding carboxylic acids is 1. The molecule has 3 aromatic rings. The van der Waals surface area contributed by atoms with E-state index in [1.165, 1.54) is 23.1 Å². The van der Waals surface area contributed by atoms with E-state index in [4.69, 9.17) is 12.2 Å². The van der Waals surface area contributed by atoms with E-state index in [1.807, 2.05) is 74.6 Å². The van der Waals surface area contributed by atoms with Crippen LogP contribution in [-0.2, 0) is 11.3 Å². The number of aromatic nitrogens is 2. The molecule has 1 unspecified atom stereocenters. The van der Waals surface area contributed by atoms with Crippen LogP contribution in [0, 0.1) is 3.95 Å². The number of para-hydroxylation sites is 1. The molecule has 0 aliphatic heterocycles. The Kier molecular flexibility index (Phi) is 6.24. The van der Waals surface area contributed by atoms with Gasteiger partial charge in [0.15, 0.2) is 8.29 Å². The van der Waals surface area contributed by atoms with Crippen LogP contribution in [0.4, 0.5) is 0 Å². The Morgan fingerprint density at radius 1 is 1.19 bits per heavy atom. The lowest BCUT2D eigenvalue weighted by molar-refractivity contribution is -0.129. The Labute approximate surface area is 166 Å². The van der Waals surface area contributed by atoms with Crippen LogP contribution in [0.5, 0.6) is 0 Å². The first kappa shape index (κ1) is 18.8. The van der Waals surface area contributed by atoms with Crippen molar-refractivity contribution in [1.29, 1.82) is 0 Å². The molecule has 1 amide bonds. The molecule has 0 fully saturated rings. The van der Waals surface area contributed by atoms with Gasteiger partial charge in [-0.25, -0.2) is 4.68 Å². The van der Waals surface area contributed by atoms with Crippen LogP contribution in [0.1, 0.15) is 12.5 Å².